The topological polar surface area (TPSA) is 86.8 Å². The number of likely N-dealkylation sites (N-methyl/N-ethyl adjacent to an activating group) is 1. The lowest BCUT2D eigenvalue weighted by Crippen LogP contribution is -2.51. The Kier molecular flexibility index (Phi) is 9.43. The Bertz CT molecular complexity index is 1140. The van der Waals surface area contributed by atoms with E-state index in [-0.39, 0.29) is 12.5 Å². The molecule has 0 aliphatic heterocycles. The van der Waals surface area contributed by atoms with E-state index in [1.165, 1.54) is 4.90 Å². The number of nitrogens with zero attached hydrogens (tertiary/aromatic N) is 2. The van der Waals surface area contributed by atoms with Crippen LogP contribution in [0.1, 0.15) is 25.0 Å². The van der Waals surface area contributed by atoms with Crippen molar-refractivity contribution in [3.63, 3.8) is 0 Å². The second-order valence-corrected chi connectivity index (χ2v) is 10.6. The quantitative estimate of drug-likeness (QED) is 0.520. The normalized spacial score (nSPS) is 12.2. The average Bonchev–Trinajstić information content (AvgIpc) is 2.73. The zero-order chi connectivity index (χ0) is 24.9. The van der Waals surface area contributed by atoms with Gasteiger partial charge in [-0.1, -0.05) is 46.9 Å². The molecule has 11 heteroatoms. The molecule has 0 spiro atoms. The van der Waals surface area contributed by atoms with Gasteiger partial charge in [-0.15, -0.1) is 0 Å². The van der Waals surface area contributed by atoms with Crippen molar-refractivity contribution >= 4 is 62.3 Å². The van der Waals surface area contributed by atoms with Crippen LogP contribution in [-0.2, 0) is 26.2 Å². The lowest BCUT2D eigenvalue weighted by molar-refractivity contribution is -0.139. The van der Waals surface area contributed by atoms with Crippen molar-refractivity contribution in [2.24, 2.45) is 0 Å². The number of hydrogen-bond donors (Lipinski definition) is 1. The Morgan fingerprint density at radius 2 is 1.73 bits per heavy atom. The van der Waals surface area contributed by atoms with Gasteiger partial charge in [0, 0.05) is 18.1 Å². The van der Waals surface area contributed by atoms with Crippen LogP contribution < -0.4 is 9.62 Å². The lowest BCUT2D eigenvalue weighted by atomic mass is 10.1. The van der Waals surface area contributed by atoms with Crippen molar-refractivity contribution in [2.45, 2.75) is 33.4 Å². The van der Waals surface area contributed by atoms with Crippen molar-refractivity contribution in [1.29, 1.82) is 0 Å². The molecule has 2 aromatic rings. The molecule has 0 unspecified atom stereocenters. The van der Waals surface area contributed by atoms with Gasteiger partial charge in [0.05, 0.1) is 22.0 Å². The van der Waals surface area contributed by atoms with Crippen LogP contribution in [-0.4, -0.2) is 50.5 Å². The zero-order valence-electron chi connectivity index (χ0n) is 18.7. The van der Waals surface area contributed by atoms with Crippen LogP contribution in [0.4, 0.5) is 5.69 Å². The summed E-state index contributed by atoms with van der Waals surface area (Å²) in [5.41, 5.74) is 1.45. The number of amides is 2. The van der Waals surface area contributed by atoms with E-state index in [0.29, 0.717) is 38.4 Å². The predicted octanol–water partition coefficient (Wildman–Crippen LogP) is 4.27. The van der Waals surface area contributed by atoms with Crippen LogP contribution in [0.15, 0.2) is 36.4 Å². The number of halogens is 3. The van der Waals surface area contributed by atoms with Gasteiger partial charge < -0.3 is 10.2 Å². The molecular formula is C22H26Cl3N3O4S. The molecule has 0 saturated heterocycles. The van der Waals surface area contributed by atoms with Crippen LogP contribution in [0.3, 0.4) is 0 Å². The number of rotatable bonds is 9. The SMILES string of the molecule is CCNC(=O)[C@@H](C)N(Cc1ccc(Cl)c(Cl)c1)C(=O)CN(c1cccc(Cl)c1C)S(C)(=O)=O. The van der Waals surface area contributed by atoms with Crippen molar-refractivity contribution in [3.05, 3.63) is 62.6 Å². The first-order valence-corrected chi connectivity index (χ1v) is 13.1. The van der Waals surface area contributed by atoms with Gasteiger partial charge in [-0.2, -0.15) is 0 Å². The molecule has 0 fully saturated rings. The summed E-state index contributed by atoms with van der Waals surface area (Å²) < 4.78 is 26.2. The Hall–Kier alpha value is -2.00. The van der Waals surface area contributed by atoms with E-state index in [1.54, 1.807) is 57.2 Å². The van der Waals surface area contributed by atoms with E-state index in [4.69, 9.17) is 34.8 Å². The maximum atomic E-state index is 13.4. The van der Waals surface area contributed by atoms with E-state index in [1.807, 2.05) is 0 Å². The average molecular weight is 535 g/mol. The first-order chi connectivity index (χ1) is 15.4. The van der Waals surface area contributed by atoms with Crippen LogP contribution >= 0.6 is 34.8 Å². The number of carbonyl (C=O) groups is 2. The standard InChI is InChI=1S/C22H26Cl3N3O4S/c1-5-26-22(30)15(3)27(12-16-9-10-18(24)19(25)11-16)21(29)13-28(33(4,31)32)20-8-6-7-17(23)14(20)2/h6-11,15H,5,12-13H2,1-4H3,(H,26,30)/t15-/m1/s1. The minimum Gasteiger partial charge on any atom is -0.355 e. The number of anilines is 1. The second kappa shape index (κ2) is 11.4. The van der Waals surface area contributed by atoms with Gasteiger partial charge in [0.15, 0.2) is 0 Å². The van der Waals surface area contributed by atoms with Crippen molar-refractivity contribution in [2.75, 3.05) is 23.7 Å². The molecule has 7 nitrogen and oxygen atoms in total. The summed E-state index contributed by atoms with van der Waals surface area (Å²) in [5, 5.41) is 3.72. The molecule has 2 rings (SSSR count). The number of carbonyl (C=O) groups excluding carboxylic acids is 2. The Morgan fingerprint density at radius 1 is 1.06 bits per heavy atom. The fourth-order valence-corrected chi connectivity index (χ4v) is 4.59. The van der Waals surface area contributed by atoms with Crippen LogP contribution in [0.25, 0.3) is 0 Å². The number of sulfonamides is 1. The summed E-state index contributed by atoms with van der Waals surface area (Å²) in [5.74, 6) is -0.930. The molecule has 0 radical (unpaired) electrons. The predicted molar refractivity (Wildman–Crippen MR) is 134 cm³/mol. The minimum absolute atomic E-state index is 0.0279. The second-order valence-electron chi connectivity index (χ2n) is 7.49. The first kappa shape index (κ1) is 27.2. The number of benzene rings is 2. The summed E-state index contributed by atoms with van der Waals surface area (Å²) in [6.45, 7) is 4.92. The van der Waals surface area contributed by atoms with Gasteiger partial charge in [0.2, 0.25) is 21.8 Å². The third-order valence-corrected chi connectivity index (χ3v) is 7.32. The Morgan fingerprint density at radius 3 is 2.30 bits per heavy atom. The Labute approximate surface area is 209 Å². The molecule has 0 saturated carbocycles. The monoisotopic (exact) mass is 533 g/mol. The number of nitrogens with one attached hydrogen (secondary N) is 1. The summed E-state index contributed by atoms with van der Waals surface area (Å²) >= 11 is 18.3. The minimum atomic E-state index is -3.84. The summed E-state index contributed by atoms with van der Waals surface area (Å²) in [7, 11) is -3.84. The smallest absolute Gasteiger partial charge is 0.244 e. The van der Waals surface area contributed by atoms with Crippen LogP contribution in [0, 0.1) is 6.92 Å². The van der Waals surface area contributed by atoms with Gasteiger partial charge in [0.25, 0.3) is 0 Å². The molecule has 0 aromatic heterocycles. The fourth-order valence-electron chi connectivity index (χ4n) is 3.20. The largest absolute Gasteiger partial charge is 0.355 e. The lowest BCUT2D eigenvalue weighted by Gasteiger charge is -2.32. The molecule has 0 aliphatic rings. The zero-order valence-corrected chi connectivity index (χ0v) is 21.8. The molecular weight excluding hydrogens is 509 g/mol. The van der Waals surface area contributed by atoms with Crippen LogP contribution in [0.5, 0.6) is 0 Å². The Balaban J connectivity index is 2.45. The molecule has 1 atom stereocenters. The van der Waals surface area contributed by atoms with E-state index >= 15 is 0 Å². The van der Waals surface area contributed by atoms with Gasteiger partial charge in [-0.05, 0) is 56.2 Å². The van der Waals surface area contributed by atoms with Crippen molar-refractivity contribution < 1.29 is 18.0 Å². The molecule has 33 heavy (non-hydrogen) atoms. The summed E-state index contributed by atoms with van der Waals surface area (Å²) in [4.78, 5) is 27.3. The van der Waals surface area contributed by atoms with Gasteiger partial charge >= 0.3 is 0 Å². The maximum Gasteiger partial charge on any atom is 0.244 e. The third-order valence-electron chi connectivity index (χ3n) is 5.04. The molecule has 180 valence electrons. The molecule has 0 aliphatic carbocycles. The summed E-state index contributed by atoms with van der Waals surface area (Å²) in [6, 6.07) is 8.84. The molecule has 0 bridgehead atoms. The van der Waals surface area contributed by atoms with E-state index in [9.17, 15) is 18.0 Å². The summed E-state index contributed by atoms with van der Waals surface area (Å²) in [6.07, 6.45) is 1.01. The molecule has 0 heterocycles. The fraction of sp³-hybridized carbons (Fsp3) is 0.364. The highest BCUT2D eigenvalue weighted by Gasteiger charge is 2.30. The third kappa shape index (κ3) is 6.99. The highest BCUT2D eigenvalue weighted by Crippen LogP contribution is 2.29. The molecule has 2 aromatic carbocycles. The molecule has 1 N–H and O–H groups in total. The highest BCUT2D eigenvalue weighted by atomic mass is 35.5. The first-order valence-electron chi connectivity index (χ1n) is 10.1. The van der Waals surface area contributed by atoms with E-state index in [0.717, 1.165) is 10.6 Å². The van der Waals surface area contributed by atoms with Gasteiger partial charge in [-0.25, -0.2) is 8.42 Å². The van der Waals surface area contributed by atoms with Gasteiger partial charge in [-0.3, -0.25) is 13.9 Å². The van der Waals surface area contributed by atoms with E-state index < -0.39 is 28.5 Å². The molecule has 2 amide bonds. The van der Waals surface area contributed by atoms with Gasteiger partial charge in [0.1, 0.15) is 12.6 Å². The van der Waals surface area contributed by atoms with Crippen molar-refractivity contribution in [1.82, 2.24) is 10.2 Å². The van der Waals surface area contributed by atoms with Crippen LogP contribution in [0.2, 0.25) is 15.1 Å². The van der Waals surface area contributed by atoms with Crippen molar-refractivity contribution in [3.8, 4) is 0 Å². The van der Waals surface area contributed by atoms with E-state index in [2.05, 4.69) is 5.32 Å². The maximum absolute atomic E-state index is 13.4. The highest BCUT2D eigenvalue weighted by molar-refractivity contribution is 7.92. The number of hydrogen-bond acceptors (Lipinski definition) is 4.